The zero-order valence-corrected chi connectivity index (χ0v) is 10.7. The lowest BCUT2D eigenvalue weighted by Crippen LogP contribution is -2.40. The second-order valence-electron chi connectivity index (χ2n) is 4.25. The van der Waals surface area contributed by atoms with Crippen molar-refractivity contribution in [2.45, 2.75) is 31.5 Å². The van der Waals surface area contributed by atoms with Crippen molar-refractivity contribution in [1.29, 1.82) is 0 Å². The minimum absolute atomic E-state index is 0.0444. The van der Waals surface area contributed by atoms with Gasteiger partial charge in [0.2, 0.25) is 0 Å². The maximum absolute atomic E-state index is 11.8. The third kappa shape index (κ3) is 6.43. The Balaban J connectivity index is 2.28. The summed E-state index contributed by atoms with van der Waals surface area (Å²) in [6.07, 6.45) is -2.21. The fraction of sp³-hybridized carbons (Fsp3) is 0.667. The Hall–Kier alpha value is -1.75. The minimum atomic E-state index is -5.05. The monoisotopic (exact) mass is 292 g/mol. The first-order chi connectivity index (χ1) is 9.39. The van der Waals surface area contributed by atoms with Gasteiger partial charge in [-0.05, 0) is 25.3 Å². The van der Waals surface area contributed by atoms with Crippen molar-refractivity contribution in [1.82, 2.24) is 10.6 Å². The molecule has 1 atom stereocenters. The van der Waals surface area contributed by atoms with Gasteiger partial charge in [0.1, 0.15) is 0 Å². The molecule has 1 heterocycles. The molecule has 0 bridgehead atoms. The lowest BCUT2D eigenvalue weighted by Gasteiger charge is -2.13. The molecule has 0 unspecified atom stereocenters. The molecule has 1 saturated heterocycles. The number of amides is 1. The lowest BCUT2D eigenvalue weighted by molar-refractivity contribution is -0.198. The molecule has 0 aromatic rings. The van der Waals surface area contributed by atoms with E-state index < -0.39 is 24.7 Å². The number of rotatable bonds is 2. The Kier molecular flexibility index (Phi) is 6.31. The van der Waals surface area contributed by atoms with Gasteiger partial charge in [0, 0.05) is 12.6 Å². The van der Waals surface area contributed by atoms with E-state index in [1.165, 1.54) is 0 Å². The zero-order chi connectivity index (χ0) is 15.0. The summed E-state index contributed by atoms with van der Waals surface area (Å²) >= 11 is 0. The summed E-state index contributed by atoms with van der Waals surface area (Å²) in [5.41, 5.74) is 0. The highest BCUT2D eigenvalue weighted by Crippen LogP contribution is 2.15. The van der Waals surface area contributed by atoms with Crippen molar-refractivity contribution in [2.24, 2.45) is 0 Å². The van der Waals surface area contributed by atoms with E-state index in [2.05, 4.69) is 27.2 Å². The normalized spacial score (nSPS) is 19.2. The average molecular weight is 292 g/mol. The number of alkyl halides is 3. The van der Waals surface area contributed by atoms with Crippen molar-refractivity contribution in [3.63, 3.8) is 0 Å². The first kappa shape index (κ1) is 16.3. The first-order valence-corrected chi connectivity index (χ1v) is 6.13. The summed E-state index contributed by atoms with van der Waals surface area (Å²) < 4.78 is 39.2. The molecule has 1 fully saturated rings. The average Bonchev–Trinajstić information content (AvgIpc) is 2.61. The van der Waals surface area contributed by atoms with Crippen molar-refractivity contribution >= 4 is 11.9 Å². The van der Waals surface area contributed by atoms with Gasteiger partial charge in [0.25, 0.3) is 5.91 Å². The smallest absolute Gasteiger partial charge is 0.446 e. The van der Waals surface area contributed by atoms with Gasteiger partial charge in [0.15, 0.2) is 6.61 Å². The molecule has 1 aliphatic rings. The van der Waals surface area contributed by atoms with Crippen LogP contribution >= 0.6 is 0 Å². The van der Waals surface area contributed by atoms with Gasteiger partial charge in [0.05, 0.1) is 0 Å². The van der Waals surface area contributed by atoms with Gasteiger partial charge in [-0.15, -0.1) is 0 Å². The summed E-state index contributed by atoms with van der Waals surface area (Å²) in [4.78, 5) is 21.7. The van der Waals surface area contributed by atoms with Crippen molar-refractivity contribution < 1.29 is 27.5 Å². The molecule has 1 aliphatic heterocycles. The quantitative estimate of drug-likeness (QED) is 0.569. The molecular weight excluding hydrogens is 277 g/mol. The molecule has 0 aliphatic carbocycles. The van der Waals surface area contributed by atoms with E-state index in [1.54, 1.807) is 0 Å². The van der Waals surface area contributed by atoms with Gasteiger partial charge in [-0.3, -0.25) is 4.79 Å². The Labute approximate surface area is 114 Å². The van der Waals surface area contributed by atoms with Crippen LogP contribution in [0.1, 0.15) is 19.3 Å². The van der Waals surface area contributed by atoms with Crippen LogP contribution in [0.3, 0.4) is 0 Å². The van der Waals surface area contributed by atoms with Crippen LogP contribution in [0, 0.1) is 11.8 Å². The van der Waals surface area contributed by atoms with E-state index >= 15 is 0 Å². The molecule has 0 radical (unpaired) electrons. The molecule has 5 nitrogen and oxygen atoms in total. The van der Waals surface area contributed by atoms with Crippen LogP contribution in [0.2, 0.25) is 0 Å². The Bertz CT molecular complexity index is 404. The predicted molar refractivity (Wildman–Crippen MR) is 63.4 cm³/mol. The number of hydrogen-bond acceptors (Lipinski definition) is 4. The van der Waals surface area contributed by atoms with Gasteiger partial charge >= 0.3 is 12.1 Å². The number of esters is 1. The van der Waals surface area contributed by atoms with Crippen LogP contribution in [0.4, 0.5) is 13.2 Å². The van der Waals surface area contributed by atoms with E-state index in [0.29, 0.717) is 6.54 Å². The van der Waals surface area contributed by atoms with Crippen LogP contribution < -0.4 is 10.6 Å². The van der Waals surface area contributed by atoms with E-state index in [1.807, 2.05) is 0 Å². The number of nitrogens with one attached hydrogen (secondary N) is 2. The number of halogens is 3. The van der Waals surface area contributed by atoms with Crippen LogP contribution in [0.5, 0.6) is 0 Å². The Morgan fingerprint density at radius 2 is 2.10 bits per heavy atom. The second-order valence-corrected chi connectivity index (χ2v) is 4.25. The number of ether oxygens (including phenoxy) is 1. The maximum atomic E-state index is 11.8. The Morgan fingerprint density at radius 3 is 2.80 bits per heavy atom. The largest absolute Gasteiger partial charge is 0.490 e. The maximum Gasteiger partial charge on any atom is 0.490 e. The summed E-state index contributed by atoms with van der Waals surface area (Å²) in [6.45, 7) is 0.761. The molecule has 0 aromatic heterocycles. The fourth-order valence-electron chi connectivity index (χ4n) is 1.66. The van der Waals surface area contributed by atoms with Gasteiger partial charge in [-0.1, -0.05) is 12.3 Å². The molecular formula is C12H15F3N2O3. The highest BCUT2D eigenvalue weighted by molar-refractivity contribution is 5.93. The zero-order valence-electron chi connectivity index (χ0n) is 10.7. The fourth-order valence-corrected chi connectivity index (χ4v) is 1.66. The van der Waals surface area contributed by atoms with E-state index in [9.17, 15) is 22.8 Å². The molecule has 0 saturated carbocycles. The van der Waals surface area contributed by atoms with Crippen molar-refractivity contribution in [3.8, 4) is 11.8 Å². The molecule has 2 N–H and O–H groups in total. The molecule has 0 spiro atoms. The number of carbonyl (C=O) groups is 2. The topological polar surface area (TPSA) is 67.4 Å². The standard InChI is InChI=1S/C12H15F3N2O3/c13-12(14,15)11(19)20-7-3-5-10(18)17-9-4-1-2-6-16-8-9/h9,16H,1-2,4,6-8H2,(H,17,18)/t9-/m0/s1. The van der Waals surface area contributed by atoms with Crippen LogP contribution in [-0.4, -0.2) is 43.8 Å². The highest BCUT2D eigenvalue weighted by Gasteiger charge is 2.40. The van der Waals surface area contributed by atoms with Gasteiger partial charge < -0.3 is 15.4 Å². The SMILES string of the molecule is O=C(C#CCOC(=O)C(F)(F)F)N[C@H]1CCCCNC1. The first-order valence-electron chi connectivity index (χ1n) is 6.13. The molecule has 1 amide bonds. The summed E-state index contributed by atoms with van der Waals surface area (Å²) in [5.74, 6) is 1.24. The van der Waals surface area contributed by atoms with E-state index in [4.69, 9.17) is 0 Å². The lowest BCUT2D eigenvalue weighted by atomic mass is 10.1. The van der Waals surface area contributed by atoms with Crippen LogP contribution in [0.15, 0.2) is 0 Å². The molecule has 1 rings (SSSR count). The minimum Gasteiger partial charge on any atom is -0.446 e. The van der Waals surface area contributed by atoms with Crippen molar-refractivity contribution in [3.05, 3.63) is 0 Å². The molecule has 20 heavy (non-hydrogen) atoms. The number of carbonyl (C=O) groups excluding carboxylic acids is 2. The van der Waals surface area contributed by atoms with Crippen molar-refractivity contribution in [2.75, 3.05) is 19.7 Å². The van der Waals surface area contributed by atoms with Crippen LogP contribution in [0.25, 0.3) is 0 Å². The summed E-state index contributed by atoms with van der Waals surface area (Å²) in [5, 5.41) is 5.78. The van der Waals surface area contributed by atoms with E-state index in [0.717, 1.165) is 25.8 Å². The second kappa shape index (κ2) is 7.75. The number of hydrogen-bond donors (Lipinski definition) is 2. The van der Waals surface area contributed by atoms with Crippen LogP contribution in [-0.2, 0) is 14.3 Å². The summed E-state index contributed by atoms with van der Waals surface area (Å²) in [7, 11) is 0. The molecule has 8 heteroatoms. The van der Waals surface area contributed by atoms with Gasteiger partial charge in [-0.2, -0.15) is 13.2 Å². The van der Waals surface area contributed by atoms with E-state index in [-0.39, 0.29) is 6.04 Å². The highest BCUT2D eigenvalue weighted by atomic mass is 19.4. The molecule has 112 valence electrons. The Morgan fingerprint density at radius 1 is 1.35 bits per heavy atom. The molecule has 0 aromatic carbocycles. The van der Waals surface area contributed by atoms with Gasteiger partial charge in [-0.25, -0.2) is 4.79 Å². The predicted octanol–water partition coefficient (Wildman–Crippen LogP) is 0.354. The third-order valence-corrected chi connectivity index (χ3v) is 2.59. The third-order valence-electron chi connectivity index (χ3n) is 2.59. The summed E-state index contributed by atoms with van der Waals surface area (Å²) in [6, 6.07) is -0.0444.